The van der Waals surface area contributed by atoms with E-state index in [1.165, 1.54) is 37.1 Å². The molecule has 1 aromatic carbocycles. The number of ether oxygens (including phenoxy) is 1. The molecule has 2 saturated heterocycles. The van der Waals surface area contributed by atoms with Crippen LogP contribution in [0.3, 0.4) is 0 Å². The topological polar surface area (TPSA) is 69.1 Å². The molecule has 2 unspecified atom stereocenters. The van der Waals surface area contributed by atoms with Gasteiger partial charge in [0.1, 0.15) is 0 Å². The minimum Gasteiger partial charge on any atom is -0.396 e. The minimum absolute atomic E-state index is 0. The fraction of sp³-hybridized carbons (Fsp3) is 0.696. The lowest BCUT2D eigenvalue weighted by Gasteiger charge is -2.31. The van der Waals surface area contributed by atoms with E-state index < -0.39 is 0 Å². The predicted molar refractivity (Wildman–Crippen MR) is 133 cm³/mol. The molecule has 0 saturated carbocycles. The van der Waals surface area contributed by atoms with Crippen molar-refractivity contribution < 1.29 is 9.84 Å². The van der Waals surface area contributed by atoms with Crippen molar-refractivity contribution in [3.05, 3.63) is 35.4 Å². The van der Waals surface area contributed by atoms with E-state index in [4.69, 9.17) is 4.74 Å². The van der Waals surface area contributed by atoms with Crippen molar-refractivity contribution in [3.8, 4) is 0 Å². The van der Waals surface area contributed by atoms with Gasteiger partial charge in [-0.1, -0.05) is 31.2 Å². The van der Waals surface area contributed by atoms with Crippen molar-refractivity contribution in [1.82, 2.24) is 15.5 Å². The molecule has 7 heteroatoms. The van der Waals surface area contributed by atoms with Gasteiger partial charge in [-0.2, -0.15) is 0 Å². The molecule has 2 aliphatic rings. The molecule has 170 valence electrons. The Hall–Kier alpha value is -0.900. The molecule has 2 atom stereocenters. The first-order chi connectivity index (χ1) is 14.1. The van der Waals surface area contributed by atoms with Crippen LogP contribution in [0, 0.1) is 11.3 Å². The van der Waals surface area contributed by atoms with Crippen LogP contribution in [0.2, 0.25) is 0 Å². The summed E-state index contributed by atoms with van der Waals surface area (Å²) in [5.41, 5.74) is 2.73. The molecule has 2 heterocycles. The minimum atomic E-state index is 0. The van der Waals surface area contributed by atoms with Gasteiger partial charge in [0.25, 0.3) is 0 Å². The van der Waals surface area contributed by atoms with Gasteiger partial charge in [-0.05, 0) is 49.3 Å². The SMILES string of the molecule is CN=C(NCc1ccccc1CN1CCCC(C)C1)NCC1(CCO)CCOC1.I. The lowest BCUT2D eigenvalue weighted by atomic mass is 9.84. The number of piperidine rings is 1. The fourth-order valence-electron chi connectivity index (χ4n) is 4.54. The van der Waals surface area contributed by atoms with Gasteiger partial charge < -0.3 is 20.5 Å². The summed E-state index contributed by atoms with van der Waals surface area (Å²) in [7, 11) is 1.81. The van der Waals surface area contributed by atoms with Crippen LogP contribution in [0.4, 0.5) is 0 Å². The van der Waals surface area contributed by atoms with E-state index in [1.54, 1.807) is 7.05 Å². The average molecular weight is 530 g/mol. The van der Waals surface area contributed by atoms with Crippen LogP contribution in [0.1, 0.15) is 43.7 Å². The zero-order valence-electron chi connectivity index (χ0n) is 18.5. The third-order valence-corrected chi connectivity index (χ3v) is 6.38. The summed E-state index contributed by atoms with van der Waals surface area (Å²) in [4.78, 5) is 6.97. The first-order valence-corrected chi connectivity index (χ1v) is 11.1. The van der Waals surface area contributed by atoms with Crippen molar-refractivity contribution in [2.75, 3.05) is 46.5 Å². The van der Waals surface area contributed by atoms with Gasteiger partial charge in [0.05, 0.1) is 6.61 Å². The molecule has 0 aliphatic carbocycles. The maximum Gasteiger partial charge on any atom is 0.191 e. The number of aliphatic hydroxyl groups is 1. The second-order valence-corrected chi connectivity index (χ2v) is 8.81. The van der Waals surface area contributed by atoms with E-state index in [2.05, 4.69) is 51.7 Å². The van der Waals surface area contributed by atoms with Crippen LogP contribution in [-0.4, -0.2) is 62.5 Å². The van der Waals surface area contributed by atoms with Crippen LogP contribution < -0.4 is 10.6 Å². The van der Waals surface area contributed by atoms with Gasteiger partial charge in [0, 0.05) is 51.9 Å². The Kier molecular flexibility index (Phi) is 10.8. The quantitative estimate of drug-likeness (QED) is 0.274. The number of aliphatic imine (C=N–C) groups is 1. The Morgan fingerprint density at radius 3 is 2.77 bits per heavy atom. The van der Waals surface area contributed by atoms with Gasteiger partial charge in [0.15, 0.2) is 5.96 Å². The number of halogens is 1. The van der Waals surface area contributed by atoms with Crippen LogP contribution >= 0.6 is 24.0 Å². The zero-order valence-corrected chi connectivity index (χ0v) is 20.9. The molecule has 2 fully saturated rings. The molecule has 0 bridgehead atoms. The highest BCUT2D eigenvalue weighted by atomic mass is 127. The van der Waals surface area contributed by atoms with Crippen LogP contribution in [0.5, 0.6) is 0 Å². The Morgan fingerprint density at radius 2 is 2.10 bits per heavy atom. The molecule has 2 aliphatic heterocycles. The number of rotatable bonds is 8. The summed E-state index contributed by atoms with van der Waals surface area (Å²) >= 11 is 0. The highest BCUT2D eigenvalue weighted by Gasteiger charge is 2.34. The number of hydrogen-bond donors (Lipinski definition) is 3. The van der Waals surface area contributed by atoms with E-state index in [9.17, 15) is 5.11 Å². The second kappa shape index (κ2) is 12.8. The number of benzene rings is 1. The number of nitrogens with one attached hydrogen (secondary N) is 2. The molecule has 0 spiro atoms. The first kappa shape index (κ1) is 25.4. The lowest BCUT2D eigenvalue weighted by molar-refractivity contribution is 0.127. The molecular formula is C23H39IN4O2. The molecule has 6 nitrogen and oxygen atoms in total. The smallest absolute Gasteiger partial charge is 0.191 e. The van der Waals surface area contributed by atoms with Gasteiger partial charge in [-0.3, -0.25) is 9.89 Å². The van der Waals surface area contributed by atoms with Crippen LogP contribution in [0.15, 0.2) is 29.3 Å². The highest BCUT2D eigenvalue weighted by molar-refractivity contribution is 14.0. The molecule has 1 aromatic rings. The number of guanidine groups is 1. The Bertz CT molecular complexity index is 664. The third-order valence-electron chi connectivity index (χ3n) is 6.38. The van der Waals surface area contributed by atoms with E-state index in [-0.39, 0.29) is 36.0 Å². The molecule has 30 heavy (non-hydrogen) atoms. The molecule has 0 aromatic heterocycles. The third kappa shape index (κ3) is 7.35. The lowest BCUT2D eigenvalue weighted by Crippen LogP contribution is -2.44. The molecule has 0 radical (unpaired) electrons. The predicted octanol–water partition coefficient (Wildman–Crippen LogP) is 2.99. The van der Waals surface area contributed by atoms with Crippen LogP contribution in [-0.2, 0) is 17.8 Å². The summed E-state index contributed by atoms with van der Waals surface area (Å²) in [5.74, 6) is 1.60. The molecular weight excluding hydrogens is 491 g/mol. The van der Waals surface area contributed by atoms with E-state index in [1.807, 2.05) is 0 Å². The summed E-state index contributed by atoms with van der Waals surface area (Å²) in [6.07, 6.45) is 4.39. The maximum absolute atomic E-state index is 9.41. The van der Waals surface area contributed by atoms with E-state index in [0.717, 1.165) is 51.0 Å². The maximum atomic E-state index is 9.41. The monoisotopic (exact) mass is 530 g/mol. The Morgan fingerprint density at radius 1 is 1.30 bits per heavy atom. The van der Waals surface area contributed by atoms with Crippen molar-refractivity contribution in [1.29, 1.82) is 0 Å². The molecule has 3 N–H and O–H groups in total. The first-order valence-electron chi connectivity index (χ1n) is 11.1. The summed E-state index contributed by atoms with van der Waals surface area (Å²) in [6, 6.07) is 8.71. The Labute approximate surface area is 198 Å². The zero-order chi connectivity index (χ0) is 20.5. The summed E-state index contributed by atoms with van der Waals surface area (Å²) < 4.78 is 5.59. The number of aliphatic hydroxyl groups excluding tert-OH is 1. The second-order valence-electron chi connectivity index (χ2n) is 8.81. The standard InChI is InChI=1S/C23H38N4O2.HI/c1-19-6-5-11-27(15-19)16-21-8-4-3-7-20(21)14-25-22(24-2)26-17-23(9-12-28)10-13-29-18-23;/h3-4,7-8,19,28H,5-6,9-18H2,1-2H3,(H2,24,25,26);1H. The number of likely N-dealkylation sites (tertiary alicyclic amines) is 1. The van der Waals surface area contributed by atoms with Gasteiger partial charge >= 0.3 is 0 Å². The van der Waals surface area contributed by atoms with Gasteiger partial charge in [-0.15, -0.1) is 24.0 Å². The van der Waals surface area contributed by atoms with Gasteiger partial charge in [0.2, 0.25) is 0 Å². The van der Waals surface area contributed by atoms with Crippen molar-refractivity contribution >= 4 is 29.9 Å². The molecule has 3 rings (SSSR count). The number of nitrogens with zero attached hydrogens (tertiary/aromatic N) is 2. The van der Waals surface area contributed by atoms with E-state index in [0.29, 0.717) is 6.61 Å². The van der Waals surface area contributed by atoms with E-state index >= 15 is 0 Å². The molecule has 0 amide bonds. The largest absolute Gasteiger partial charge is 0.396 e. The fourth-order valence-corrected chi connectivity index (χ4v) is 4.54. The number of hydrogen-bond acceptors (Lipinski definition) is 4. The summed E-state index contributed by atoms with van der Waals surface area (Å²) in [5, 5.41) is 16.3. The normalized spacial score (nSPS) is 25.0. The van der Waals surface area contributed by atoms with Crippen molar-refractivity contribution in [2.45, 2.75) is 45.7 Å². The average Bonchev–Trinajstić information content (AvgIpc) is 3.18. The summed E-state index contributed by atoms with van der Waals surface area (Å²) in [6.45, 7) is 8.96. The van der Waals surface area contributed by atoms with Crippen molar-refractivity contribution in [3.63, 3.8) is 0 Å². The highest BCUT2D eigenvalue weighted by Crippen LogP contribution is 2.31. The van der Waals surface area contributed by atoms with Crippen LogP contribution in [0.25, 0.3) is 0 Å². The van der Waals surface area contributed by atoms with Gasteiger partial charge in [-0.25, -0.2) is 0 Å². The Balaban J connectivity index is 0.00000320. The van der Waals surface area contributed by atoms with Crippen molar-refractivity contribution in [2.24, 2.45) is 16.3 Å².